The molecule has 80 valence electrons. The second-order valence-corrected chi connectivity index (χ2v) is 4.24. The van der Waals surface area contributed by atoms with Gasteiger partial charge in [0, 0.05) is 18.4 Å². The topological polar surface area (TPSA) is 73.9 Å². The van der Waals surface area contributed by atoms with Gasteiger partial charge in [-0.25, -0.2) is 4.98 Å². The quantitative estimate of drug-likeness (QED) is 0.776. The molecule has 1 atom stereocenters. The van der Waals surface area contributed by atoms with Gasteiger partial charge in [-0.2, -0.15) is 9.97 Å². The van der Waals surface area contributed by atoms with Gasteiger partial charge in [0.15, 0.2) is 0 Å². The summed E-state index contributed by atoms with van der Waals surface area (Å²) < 4.78 is 5.33. The molecular weight excluding hydrogens is 192 g/mol. The van der Waals surface area contributed by atoms with E-state index in [-0.39, 0.29) is 0 Å². The maximum Gasteiger partial charge on any atom is 0.223 e. The summed E-state index contributed by atoms with van der Waals surface area (Å²) in [6.07, 6.45) is 3.36. The minimum atomic E-state index is 0.313. The number of rotatable bonds is 2. The van der Waals surface area contributed by atoms with Crippen LogP contribution in [0.15, 0.2) is 0 Å². The van der Waals surface area contributed by atoms with Gasteiger partial charge in [-0.3, -0.25) is 0 Å². The van der Waals surface area contributed by atoms with Crippen molar-refractivity contribution < 1.29 is 4.74 Å². The van der Waals surface area contributed by atoms with Gasteiger partial charge in [-0.15, -0.1) is 0 Å². The Hall–Kier alpha value is -1.23. The minimum absolute atomic E-state index is 0.313. The maximum atomic E-state index is 5.69. The molecule has 1 saturated heterocycles. The van der Waals surface area contributed by atoms with Crippen molar-refractivity contribution >= 4 is 5.95 Å². The van der Waals surface area contributed by atoms with Gasteiger partial charge in [0.25, 0.3) is 0 Å². The van der Waals surface area contributed by atoms with Crippen LogP contribution in [0.25, 0.3) is 0 Å². The summed E-state index contributed by atoms with van der Waals surface area (Å²) in [5.41, 5.74) is 5.69. The zero-order valence-electron chi connectivity index (χ0n) is 8.52. The summed E-state index contributed by atoms with van der Waals surface area (Å²) >= 11 is 0. The number of hydrogen-bond donors (Lipinski definition) is 1. The first kappa shape index (κ1) is 9.03. The molecule has 15 heavy (non-hydrogen) atoms. The highest BCUT2D eigenvalue weighted by molar-refractivity contribution is 5.21. The zero-order chi connectivity index (χ0) is 10.3. The molecule has 0 amide bonds. The van der Waals surface area contributed by atoms with Crippen LogP contribution in [-0.4, -0.2) is 28.2 Å². The number of aromatic nitrogens is 3. The van der Waals surface area contributed by atoms with E-state index in [2.05, 4.69) is 15.0 Å². The molecule has 2 fully saturated rings. The van der Waals surface area contributed by atoms with Crippen molar-refractivity contribution in [3.8, 4) is 0 Å². The lowest BCUT2D eigenvalue weighted by Gasteiger charge is -2.07. The lowest BCUT2D eigenvalue weighted by Crippen LogP contribution is -2.10. The summed E-state index contributed by atoms with van der Waals surface area (Å²) in [7, 11) is 0. The van der Waals surface area contributed by atoms with Crippen LogP contribution in [0.4, 0.5) is 5.95 Å². The molecule has 1 aliphatic heterocycles. The molecule has 5 heteroatoms. The van der Waals surface area contributed by atoms with Crippen LogP contribution in [0.2, 0.25) is 0 Å². The van der Waals surface area contributed by atoms with Crippen LogP contribution < -0.4 is 5.73 Å². The first-order valence-electron chi connectivity index (χ1n) is 5.42. The number of nitrogen functional groups attached to an aromatic ring is 1. The number of anilines is 1. The lowest BCUT2D eigenvalue weighted by atomic mass is 10.1. The van der Waals surface area contributed by atoms with Crippen LogP contribution in [0, 0.1) is 0 Å². The smallest absolute Gasteiger partial charge is 0.223 e. The highest BCUT2D eigenvalue weighted by Gasteiger charge is 2.29. The Morgan fingerprint density at radius 1 is 1.00 bits per heavy atom. The fourth-order valence-electron chi connectivity index (χ4n) is 1.87. The molecule has 3 rings (SSSR count). The fraction of sp³-hybridized carbons (Fsp3) is 0.700. The highest BCUT2D eigenvalue weighted by atomic mass is 16.5. The van der Waals surface area contributed by atoms with Gasteiger partial charge in [-0.05, 0) is 19.3 Å². The summed E-state index contributed by atoms with van der Waals surface area (Å²) in [5, 5.41) is 0. The fourth-order valence-corrected chi connectivity index (χ4v) is 1.87. The standard InChI is InChI=1S/C10H14N4O/c11-10-13-8(6-1-2-6)12-9(14-10)7-3-4-15-5-7/h6-7H,1-5H2,(H2,11,12,13,14). The first-order valence-corrected chi connectivity index (χ1v) is 5.42. The summed E-state index contributed by atoms with van der Waals surface area (Å²) in [4.78, 5) is 12.9. The molecular formula is C10H14N4O. The second kappa shape index (κ2) is 3.41. The molecule has 1 saturated carbocycles. The molecule has 2 aliphatic rings. The van der Waals surface area contributed by atoms with E-state index >= 15 is 0 Å². The normalized spacial score (nSPS) is 25.7. The Morgan fingerprint density at radius 2 is 1.73 bits per heavy atom. The summed E-state index contributed by atoms with van der Waals surface area (Å²) in [6, 6.07) is 0. The molecule has 2 N–H and O–H groups in total. The van der Waals surface area contributed by atoms with Crippen LogP contribution in [0.3, 0.4) is 0 Å². The zero-order valence-corrected chi connectivity index (χ0v) is 8.52. The number of nitrogens with zero attached hydrogens (tertiary/aromatic N) is 3. The van der Waals surface area contributed by atoms with E-state index in [1.807, 2.05) is 0 Å². The van der Waals surface area contributed by atoms with Crippen molar-refractivity contribution in [3.05, 3.63) is 11.6 Å². The maximum absolute atomic E-state index is 5.69. The van der Waals surface area contributed by atoms with E-state index in [0.29, 0.717) is 24.4 Å². The van der Waals surface area contributed by atoms with E-state index in [1.54, 1.807) is 0 Å². The highest BCUT2D eigenvalue weighted by Crippen LogP contribution is 2.38. The van der Waals surface area contributed by atoms with Gasteiger partial charge in [-0.1, -0.05) is 0 Å². The number of ether oxygens (including phenoxy) is 1. The van der Waals surface area contributed by atoms with E-state index in [0.717, 1.165) is 24.7 Å². The van der Waals surface area contributed by atoms with E-state index in [9.17, 15) is 0 Å². The molecule has 1 aliphatic carbocycles. The van der Waals surface area contributed by atoms with E-state index in [1.165, 1.54) is 12.8 Å². The van der Waals surface area contributed by atoms with Crippen molar-refractivity contribution in [1.82, 2.24) is 15.0 Å². The molecule has 0 spiro atoms. The molecule has 5 nitrogen and oxygen atoms in total. The SMILES string of the molecule is Nc1nc(C2CC2)nc(C2CCOC2)n1. The number of nitrogens with two attached hydrogens (primary N) is 1. The van der Waals surface area contributed by atoms with Crippen LogP contribution in [0.1, 0.15) is 42.7 Å². The van der Waals surface area contributed by atoms with Gasteiger partial charge in [0.05, 0.1) is 6.61 Å². The van der Waals surface area contributed by atoms with Crippen molar-refractivity contribution in [2.45, 2.75) is 31.1 Å². The first-order chi connectivity index (χ1) is 7.33. The number of hydrogen-bond acceptors (Lipinski definition) is 5. The van der Waals surface area contributed by atoms with Crippen molar-refractivity contribution in [2.75, 3.05) is 18.9 Å². The van der Waals surface area contributed by atoms with Crippen molar-refractivity contribution in [3.63, 3.8) is 0 Å². The van der Waals surface area contributed by atoms with Gasteiger partial charge in [0.2, 0.25) is 5.95 Å². The van der Waals surface area contributed by atoms with Crippen LogP contribution in [0.5, 0.6) is 0 Å². The molecule has 1 aromatic heterocycles. The monoisotopic (exact) mass is 206 g/mol. The second-order valence-electron chi connectivity index (χ2n) is 4.24. The molecule has 1 unspecified atom stereocenters. The molecule has 0 aromatic carbocycles. The molecule has 0 radical (unpaired) electrons. The Balaban J connectivity index is 1.91. The predicted octanol–water partition coefficient (Wildman–Crippen LogP) is 0.835. The van der Waals surface area contributed by atoms with E-state index < -0.39 is 0 Å². The Morgan fingerprint density at radius 3 is 2.33 bits per heavy atom. The molecule has 0 bridgehead atoms. The predicted molar refractivity (Wildman–Crippen MR) is 54.4 cm³/mol. The summed E-state index contributed by atoms with van der Waals surface area (Å²) in [5.74, 6) is 2.89. The third kappa shape index (κ3) is 1.79. The summed E-state index contributed by atoms with van der Waals surface area (Å²) in [6.45, 7) is 1.52. The van der Waals surface area contributed by atoms with Gasteiger partial charge >= 0.3 is 0 Å². The largest absolute Gasteiger partial charge is 0.381 e. The average molecular weight is 206 g/mol. The van der Waals surface area contributed by atoms with E-state index in [4.69, 9.17) is 10.5 Å². The minimum Gasteiger partial charge on any atom is -0.381 e. The van der Waals surface area contributed by atoms with Crippen LogP contribution in [-0.2, 0) is 4.74 Å². The van der Waals surface area contributed by atoms with Gasteiger partial charge < -0.3 is 10.5 Å². The third-order valence-electron chi connectivity index (χ3n) is 2.92. The van der Waals surface area contributed by atoms with Crippen LogP contribution >= 0.6 is 0 Å². The Labute approximate surface area is 88.1 Å². The Bertz CT molecular complexity index is 372. The molecule has 2 heterocycles. The van der Waals surface area contributed by atoms with Gasteiger partial charge in [0.1, 0.15) is 11.6 Å². The average Bonchev–Trinajstić information content (AvgIpc) is 2.93. The molecule has 1 aromatic rings. The van der Waals surface area contributed by atoms with Crippen molar-refractivity contribution in [1.29, 1.82) is 0 Å². The lowest BCUT2D eigenvalue weighted by molar-refractivity contribution is 0.193. The third-order valence-corrected chi connectivity index (χ3v) is 2.92. The van der Waals surface area contributed by atoms with Crippen molar-refractivity contribution in [2.24, 2.45) is 0 Å². The Kier molecular flexibility index (Phi) is 2.05.